The maximum Gasteiger partial charge on any atom is 0.150 e. The molecule has 0 saturated carbocycles. The molecule has 2 rings (SSSR count). The Morgan fingerprint density at radius 1 is 1.53 bits per heavy atom. The maximum absolute atomic E-state index is 10.9. The van der Waals surface area contributed by atoms with Crippen molar-refractivity contribution >= 4 is 6.29 Å². The molecule has 0 aliphatic carbocycles. The number of hydrogen-bond acceptors (Lipinski definition) is 3. The summed E-state index contributed by atoms with van der Waals surface area (Å²) in [6, 6.07) is 3.85. The highest BCUT2D eigenvalue weighted by Gasteiger charge is 2.17. The van der Waals surface area contributed by atoms with Crippen LogP contribution >= 0.6 is 0 Å². The molecule has 0 unspecified atom stereocenters. The fourth-order valence-electron chi connectivity index (χ4n) is 1.79. The summed E-state index contributed by atoms with van der Waals surface area (Å²) in [7, 11) is 0. The van der Waals surface area contributed by atoms with Gasteiger partial charge in [-0.15, -0.1) is 0 Å². The SMILES string of the molecule is CCOCc1cc(C=O)c2c(c1)OCC2. The van der Waals surface area contributed by atoms with E-state index in [2.05, 4.69) is 0 Å². The van der Waals surface area contributed by atoms with Crippen LogP contribution in [0.3, 0.4) is 0 Å². The number of carbonyl (C=O) groups is 1. The van der Waals surface area contributed by atoms with E-state index in [0.717, 1.165) is 35.1 Å². The van der Waals surface area contributed by atoms with Crippen LogP contribution in [0.2, 0.25) is 0 Å². The Balaban J connectivity index is 2.30. The van der Waals surface area contributed by atoms with Gasteiger partial charge in [-0.1, -0.05) is 0 Å². The molecule has 1 aliphatic rings. The van der Waals surface area contributed by atoms with Crippen molar-refractivity contribution in [3.05, 3.63) is 28.8 Å². The first-order valence-corrected chi connectivity index (χ1v) is 5.16. The first-order chi connectivity index (χ1) is 7.35. The second-order valence-electron chi connectivity index (χ2n) is 3.52. The van der Waals surface area contributed by atoms with Crippen LogP contribution in [0.1, 0.15) is 28.4 Å². The molecule has 15 heavy (non-hydrogen) atoms. The van der Waals surface area contributed by atoms with E-state index in [-0.39, 0.29) is 0 Å². The van der Waals surface area contributed by atoms with Gasteiger partial charge in [-0.25, -0.2) is 0 Å². The number of aldehydes is 1. The Morgan fingerprint density at radius 2 is 2.40 bits per heavy atom. The fraction of sp³-hybridized carbons (Fsp3) is 0.417. The second kappa shape index (κ2) is 4.45. The third-order valence-corrected chi connectivity index (χ3v) is 2.51. The predicted octanol–water partition coefficient (Wildman–Crippen LogP) is 1.97. The van der Waals surface area contributed by atoms with Crippen LogP contribution in [0.4, 0.5) is 0 Å². The largest absolute Gasteiger partial charge is 0.493 e. The quantitative estimate of drug-likeness (QED) is 0.706. The Hall–Kier alpha value is -1.35. The minimum Gasteiger partial charge on any atom is -0.493 e. The van der Waals surface area contributed by atoms with Crippen molar-refractivity contribution < 1.29 is 14.3 Å². The van der Waals surface area contributed by atoms with Gasteiger partial charge in [0.15, 0.2) is 0 Å². The molecule has 3 heteroatoms. The normalized spacial score (nSPS) is 13.4. The zero-order valence-electron chi connectivity index (χ0n) is 8.79. The summed E-state index contributed by atoms with van der Waals surface area (Å²) in [5, 5.41) is 0. The van der Waals surface area contributed by atoms with Crippen molar-refractivity contribution in [2.24, 2.45) is 0 Å². The summed E-state index contributed by atoms with van der Waals surface area (Å²) in [6.07, 6.45) is 1.72. The molecule has 1 aromatic rings. The van der Waals surface area contributed by atoms with Crippen LogP contribution < -0.4 is 4.74 Å². The van der Waals surface area contributed by atoms with Crippen LogP contribution in [-0.4, -0.2) is 19.5 Å². The van der Waals surface area contributed by atoms with E-state index in [4.69, 9.17) is 9.47 Å². The van der Waals surface area contributed by atoms with Gasteiger partial charge in [0.25, 0.3) is 0 Å². The van der Waals surface area contributed by atoms with Gasteiger partial charge in [-0.3, -0.25) is 4.79 Å². The maximum atomic E-state index is 10.9. The molecule has 1 aromatic carbocycles. The lowest BCUT2D eigenvalue weighted by molar-refractivity contribution is 0.112. The Morgan fingerprint density at radius 3 is 3.13 bits per heavy atom. The predicted molar refractivity (Wildman–Crippen MR) is 56.4 cm³/mol. The zero-order valence-corrected chi connectivity index (χ0v) is 8.79. The van der Waals surface area contributed by atoms with Crippen LogP contribution in [0.5, 0.6) is 5.75 Å². The van der Waals surface area contributed by atoms with Gasteiger partial charge >= 0.3 is 0 Å². The van der Waals surface area contributed by atoms with E-state index < -0.39 is 0 Å². The van der Waals surface area contributed by atoms with Crippen LogP contribution in [-0.2, 0) is 17.8 Å². The molecule has 3 nitrogen and oxygen atoms in total. The number of ether oxygens (including phenoxy) is 2. The van der Waals surface area contributed by atoms with E-state index in [1.54, 1.807) is 0 Å². The van der Waals surface area contributed by atoms with Crippen molar-refractivity contribution in [3.63, 3.8) is 0 Å². The third kappa shape index (κ3) is 2.02. The Bertz CT molecular complexity index is 371. The lowest BCUT2D eigenvalue weighted by Crippen LogP contribution is -1.96. The standard InChI is InChI=1S/C12H14O3/c1-2-14-8-9-5-10(7-13)11-3-4-15-12(11)6-9/h5-7H,2-4,8H2,1H3. The van der Waals surface area contributed by atoms with Crippen LogP contribution in [0.25, 0.3) is 0 Å². The summed E-state index contributed by atoms with van der Waals surface area (Å²) in [6.45, 7) is 3.83. The molecule has 0 atom stereocenters. The van der Waals surface area contributed by atoms with E-state index in [1.165, 1.54) is 0 Å². The molecule has 0 saturated heterocycles. The molecule has 0 bridgehead atoms. The topological polar surface area (TPSA) is 35.5 Å². The van der Waals surface area contributed by atoms with Crippen molar-refractivity contribution in [1.82, 2.24) is 0 Å². The monoisotopic (exact) mass is 206 g/mol. The number of carbonyl (C=O) groups excluding carboxylic acids is 1. The van der Waals surface area contributed by atoms with E-state index in [0.29, 0.717) is 19.8 Å². The molecule has 1 aliphatic heterocycles. The average Bonchev–Trinajstić information content (AvgIpc) is 2.73. The molecule has 0 fully saturated rings. The molecule has 0 N–H and O–H groups in total. The van der Waals surface area contributed by atoms with Gasteiger partial charge in [-0.05, 0) is 24.6 Å². The number of fused-ring (bicyclic) bond motifs is 1. The summed E-state index contributed by atoms with van der Waals surface area (Å²) in [4.78, 5) is 10.9. The minimum atomic E-state index is 0.536. The number of hydrogen-bond donors (Lipinski definition) is 0. The first-order valence-electron chi connectivity index (χ1n) is 5.16. The molecule has 0 spiro atoms. The summed E-state index contributed by atoms with van der Waals surface area (Å²) >= 11 is 0. The number of rotatable bonds is 4. The van der Waals surface area contributed by atoms with Crippen molar-refractivity contribution in [2.45, 2.75) is 20.0 Å². The average molecular weight is 206 g/mol. The van der Waals surface area contributed by atoms with Gasteiger partial charge in [0.05, 0.1) is 13.2 Å². The minimum absolute atomic E-state index is 0.536. The lowest BCUT2D eigenvalue weighted by Gasteiger charge is -2.06. The lowest BCUT2D eigenvalue weighted by atomic mass is 10.0. The summed E-state index contributed by atoms with van der Waals surface area (Å²) in [5.74, 6) is 0.842. The Kier molecular flexibility index (Phi) is 3.02. The zero-order chi connectivity index (χ0) is 10.7. The molecular formula is C12H14O3. The highest BCUT2D eigenvalue weighted by Crippen LogP contribution is 2.29. The van der Waals surface area contributed by atoms with Gasteiger partial charge in [0, 0.05) is 24.2 Å². The smallest absolute Gasteiger partial charge is 0.150 e. The molecule has 1 heterocycles. The van der Waals surface area contributed by atoms with E-state index >= 15 is 0 Å². The van der Waals surface area contributed by atoms with E-state index in [1.807, 2.05) is 19.1 Å². The Labute approximate surface area is 89.0 Å². The van der Waals surface area contributed by atoms with Gasteiger partial charge in [-0.2, -0.15) is 0 Å². The van der Waals surface area contributed by atoms with Gasteiger partial charge < -0.3 is 9.47 Å². The third-order valence-electron chi connectivity index (χ3n) is 2.51. The van der Waals surface area contributed by atoms with E-state index in [9.17, 15) is 4.79 Å². The summed E-state index contributed by atoms with van der Waals surface area (Å²) in [5.41, 5.74) is 2.77. The molecule has 0 aromatic heterocycles. The van der Waals surface area contributed by atoms with Crippen molar-refractivity contribution in [1.29, 1.82) is 0 Å². The molecule has 0 amide bonds. The number of benzene rings is 1. The van der Waals surface area contributed by atoms with Crippen LogP contribution in [0, 0.1) is 0 Å². The van der Waals surface area contributed by atoms with Gasteiger partial charge in [0.1, 0.15) is 12.0 Å². The molecule has 0 radical (unpaired) electrons. The fourth-order valence-corrected chi connectivity index (χ4v) is 1.79. The van der Waals surface area contributed by atoms with Crippen LogP contribution in [0.15, 0.2) is 12.1 Å². The van der Waals surface area contributed by atoms with Crippen molar-refractivity contribution in [3.8, 4) is 5.75 Å². The summed E-state index contributed by atoms with van der Waals surface area (Å²) < 4.78 is 10.8. The van der Waals surface area contributed by atoms with Gasteiger partial charge in [0.2, 0.25) is 0 Å². The molecular weight excluding hydrogens is 192 g/mol. The van der Waals surface area contributed by atoms with Crippen molar-refractivity contribution in [2.75, 3.05) is 13.2 Å². The first kappa shape index (κ1) is 10.2. The highest BCUT2D eigenvalue weighted by molar-refractivity contribution is 5.79. The second-order valence-corrected chi connectivity index (χ2v) is 3.52. The molecule has 80 valence electrons. The highest BCUT2D eigenvalue weighted by atomic mass is 16.5.